The summed E-state index contributed by atoms with van der Waals surface area (Å²) in [5, 5.41) is 33.5. The molecular weight excluding hydrogens is 449 g/mol. The first-order valence-electron chi connectivity index (χ1n) is 11.9. The van der Waals surface area contributed by atoms with Crippen LogP contribution in [0.15, 0.2) is 47.8 Å². The van der Waals surface area contributed by atoms with Crippen LogP contribution in [0, 0.1) is 5.92 Å². The van der Waals surface area contributed by atoms with Gasteiger partial charge in [-0.05, 0) is 37.8 Å². The van der Waals surface area contributed by atoms with E-state index in [9.17, 15) is 19.6 Å². The van der Waals surface area contributed by atoms with E-state index < -0.39 is 24.6 Å². The number of hydrogen-bond donors (Lipinski definition) is 4. The van der Waals surface area contributed by atoms with Gasteiger partial charge in [0, 0.05) is 25.1 Å². The molecular formula is C24H34BN5O5. The number of nitrogens with zero attached hydrogens (tertiary/aromatic N) is 3. The van der Waals surface area contributed by atoms with Crippen LogP contribution in [0.4, 0.5) is 0 Å². The lowest BCUT2D eigenvalue weighted by molar-refractivity contribution is -0.144. The van der Waals surface area contributed by atoms with E-state index >= 15 is 0 Å². The van der Waals surface area contributed by atoms with Gasteiger partial charge in [-0.1, -0.05) is 49.3 Å². The minimum Gasteiger partial charge on any atom is -0.426 e. The van der Waals surface area contributed by atoms with Crippen molar-refractivity contribution in [3.8, 4) is 0 Å². The SMILES string of the molecule is CC(C)CC(NC(=O)C1(Cc2ccccc2)CC(CNC(=O)c2ccn(C(C)C)n2)=NO1)B(O)O. The van der Waals surface area contributed by atoms with Crippen LogP contribution < -0.4 is 10.6 Å². The number of carbonyl (C=O) groups is 2. The quantitative estimate of drug-likeness (QED) is 0.358. The van der Waals surface area contributed by atoms with Crippen LogP contribution in [0.2, 0.25) is 0 Å². The zero-order chi connectivity index (χ0) is 25.6. The van der Waals surface area contributed by atoms with Crippen molar-refractivity contribution in [2.45, 2.75) is 64.5 Å². The van der Waals surface area contributed by atoms with Crippen LogP contribution in [0.3, 0.4) is 0 Å². The third-order valence-electron chi connectivity index (χ3n) is 5.81. The predicted molar refractivity (Wildman–Crippen MR) is 133 cm³/mol. The van der Waals surface area contributed by atoms with E-state index in [1.54, 1.807) is 16.9 Å². The van der Waals surface area contributed by atoms with Gasteiger partial charge >= 0.3 is 7.12 Å². The number of benzene rings is 1. The van der Waals surface area contributed by atoms with Gasteiger partial charge in [-0.15, -0.1) is 0 Å². The molecule has 0 bridgehead atoms. The standard InChI is InChI=1S/C24H34BN5O5/c1-16(2)12-21(25(33)34)27-23(32)24(13-18-8-6-5-7-9-18)14-19(29-35-24)15-26-22(31)20-10-11-30(28-20)17(3)4/h5-11,16-17,21,33-34H,12-15H2,1-4H3,(H,26,31)(H,27,32). The Morgan fingerprint density at radius 3 is 2.49 bits per heavy atom. The summed E-state index contributed by atoms with van der Waals surface area (Å²) >= 11 is 0. The van der Waals surface area contributed by atoms with E-state index in [1.165, 1.54) is 0 Å². The average Bonchev–Trinajstić information content (AvgIpc) is 3.46. The molecule has 0 fully saturated rings. The Balaban J connectivity index is 1.71. The van der Waals surface area contributed by atoms with Crippen LogP contribution in [0.5, 0.6) is 0 Å². The van der Waals surface area contributed by atoms with E-state index in [0.29, 0.717) is 17.8 Å². The number of nitrogens with one attached hydrogen (secondary N) is 2. The molecule has 1 aliphatic heterocycles. The fourth-order valence-corrected chi connectivity index (χ4v) is 3.95. The first-order chi connectivity index (χ1) is 16.6. The molecule has 0 aliphatic carbocycles. The summed E-state index contributed by atoms with van der Waals surface area (Å²) in [7, 11) is -1.71. The molecule has 35 heavy (non-hydrogen) atoms. The van der Waals surface area contributed by atoms with Crippen LogP contribution in [0.1, 0.15) is 62.6 Å². The zero-order valence-electron chi connectivity index (χ0n) is 20.6. The smallest absolute Gasteiger partial charge is 0.426 e. The predicted octanol–water partition coefficient (Wildman–Crippen LogP) is 1.49. The third kappa shape index (κ3) is 6.92. The Labute approximate surface area is 205 Å². The summed E-state index contributed by atoms with van der Waals surface area (Å²) in [5.41, 5.74) is 0.287. The summed E-state index contributed by atoms with van der Waals surface area (Å²) in [4.78, 5) is 31.7. The number of oxime groups is 1. The van der Waals surface area contributed by atoms with Gasteiger partial charge in [-0.2, -0.15) is 5.10 Å². The Morgan fingerprint density at radius 2 is 1.89 bits per heavy atom. The highest BCUT2D eigenvalue weighted by molar-refractivity contribution is 6.43. The normalized spacial score (nSPS) is 18.2. The van der Waals surface area contributed by atoms with Crippen molar-refractivity contribution < 1.29 is 24.5 Å². The van der Waals surface area contributed by atoms with Crippen molar-refractivity contribution in [3.63, 3.8) is 0 Å². The van der Waals surface area contributed by atoms with Crippen LogP contribution in [-0.2, 0) is 16.1 Å². The van der Waals surface area contributed by atoms with E-state index in [2.05, 4.69) is 20.9 Å². The molecule has 0 saturated heterocycles. The maximum absolute atomic E-state index is 13.4. The van der Waals surface area contributed by atoms with Gasteiger partial charge in [-0.3, -0.25) is 14.3 Å². The van der Waals surface area contributed by atoms with Crippen molar-refractivity contribution in [2.24, 2.45) is 11.1 Å². The van der Waals surface area contributed by atoms with E-state index in [0.717, 1.165) is 5.56 Å². The second-order valence-corrected chi connectivity index (χ2v) is 9.66. The Morgan fingerprint density at radius 1 is 1.17 bits per heavy atom. The summed E-state index contributed by atoms with van der Waals surface area (Å²) in [6.07, 6.45) is 2.51. The van der Waals surface area contributed by atoms with Gasteiger partial charge in [-0.25, -0.2) is 0 Å². The summed E-state index contributed by atoms with van der Waals surface area (Å²) in [6.45, 7) is 7.90. The molecule has 1 aromatic heterocycles. The van der Waals surface area contributed by atoms with Gasteiger partial charge in [0.2, 0.25) is 5.60 Å². The van der Waals surface area contributed by atoms with Gasteiger partial charge in [0.05, 0.1) is 18.2 Å². The zero-order valence-corrected chi connectivity index (χ0v) is 20.6. The lowest BCUT2D eigenvalue weighted by atomic mass is 9.74. The Kier molecular flexibility index (Phi) is 8.69. The molecule has 11 heteroatoms. The van der Waals surface area contributed by atoms with Crippen LogP contribution in [0.25, 0.3) is 0 Å². The number of rotatable bonds is 11. The summed E-state index contributed by atoms with van der Waals surface area (Å²) < 4.78 is 1.70. The molecule has 2 aromatic rings. The highest BCUT2D eigenvalue weighted by Gasteiger charge is 2.48. The molecule has 3 rings (SSSR count). The fourth-order valence-electron chi connectivity index (χ4n) is 3.95. The molecule has 4 N–H and O–H groups in total. The maximum Gasteiger partial charge on any atom is 0.475 e. The molecule has 188 valence electrons. The highest BCUT2D eigenvalue weighted by Crippen LogP contribution is 2.29. The van der Waals surface area contributed by atoms with Crippen LogP contribution >= 0.6 is 0 Å². The molecule has 2 amide bonds. The monoisotopic (exact) mass is 483 g/mol. The van der Waals surface area contributed by atoms with Gasteiger partial charge in [0.25, 0.3) is 11.8 Å². The van der Waals surface area contributed by atoms with Crippen molar-refractivity contribution in [3.05, 3.63) is 53.9 Å². The first-order valence-corrected chi connectivity index (χ1v) is 11.9. The second kappa shape index (κ2) is 11.5. The largest absolute Gasteiger partial charge is 0.475 e. The first kappa shape index (κ1) is 26.4. The van der Waals surface area contributed by atoms with Gasteiger partial charge < -0.3 is 25.5 Å². The van der Waals surface area contributed by atoms with E-state index in [4.69, 9.17) is 4.84 Å². The molecule has 10 nitrogen and oxygen atoms in total. The molecule has 0 saturated carbocycles. The number of carbonyl (C=O) groups excluding carboxylic acids is 2. The summed E-state index contributed by atoms with van der Waals surface area (Å²) in [5.74, 6) is -1.55. The number of amides is 2. The molecule has 1 aliphatic rings. The van der Waals surface area contributed by atoms with Crippen molar-refractivity contribution in [2.75, 3.05) is 6.54 Å². The molecule has 2 heterocycles. The lowest BCUT2D eigenvalue weighted by Crippen LogP contribution is -2.56. The maximum atomic E-state index is 13.4. The average molecular weight is 483 g/mol. The minimum atomic E-state index is -1.71. The Hall–Kier alpha value is -3.18. The topological polar surface area (TPSA) is 138 Å². The summed E-state index contributed by atoms with van der Waals surface area (Å²) in [6, 6.07) is 11.2. The second-order valence-electron chi connectivity index (χ2n) is 9.66. The highest BCUT2D eigenvalue weighted by atomic mass is 16.7. The third-order valence-corrected chi connectivity index (χ3v) is 5.81. The molecule has 2 atom stereocenters. The lowest BCUT2D eigenvalue weighted by Gasteiger charge is -2.29. The van der Waals surface area contributed by atoms with Crippen molar-refractivity contribution in [1.29, 1.82) is 0 Å². The molecule has 0 radical (unpaired) electrons. The minimum absolute atomic E-state index is 0.0925. The number of hydrogen-bond acceptors (Lipinski definition) is 7. The van der Waals surface area contributed by atoms with Gasteiger partial charge in [0.15, 0.2) is 0 Å². The molecule has 0 spiro atoms. The van der Waals surface area contributed by atoms with Crippen molar-refractivity contribution >= 4 is 24.6 Å². The number of aromatic nitrogens is 2. The molecule has 1 aromatic carbocycles. The van der Waals surface area contributed by atoms with Crippen molar-refractivity contribution in [1.82, 2.24) is 20.4 Å². The van der Waals surface area contributed by atoms with Gasteiger partial charge in [0.1, 0.15) is 5.69 Å². The van der Waals surface area contributed by atoms with E-state index in [-0.39, 0.29) is 37.3 Å². The van der Waals surface area contributed by atoms with Crippen LogP contribution in [-0.4, -0.2) is 62.6 Å². The fraction of sp³-hybridized carbons (Fsp3) is 0.500. The Bertz CT molecular complexity index is 1040. The molecule has 2 unspecified atom stereocenters. The van der Waals surface area contributed by atoms with E-state index in [1.807, 2.05) is 58.0 Å².